The van der Waals surface area contributed by atoms with Crippen molar-refractivity contribution in [1.29, 1.82) is 0 Å². The van der Waals surface area contributed by atoms with E-state index in [9.17, 15) is 4.79 Å². The second-order valence-electron chi connectivity index (χ2n) is 1.99. The van der Waals surface area contributed by atoms with Gasteiger partial charge in [0.05, 0.1) is 5.69 Å². The molecule has 0 spiro atoms. The van der Waals surface area contributed by atoms with Gasteiger partial charge in [0.15, 0.2) is 6.29 Å². The van der Waals surface area contributed by atoms with Crippen LogP contribution in [0, 0.1) is 3.57 Å². The highest BCUT2D eigenvalue weighted by Gasteiger charge is 1.98. The average molecular weight is 262 g/mol. The van der Waals surface area contributed by atoms with Crippen LogP contribution in [-0.4, -0.2) is 6.29 Å². The number of carbonyl (C=O) groups is 1. The molecular weight excluding hydrogens is 255 g/mol. The molecule has 0 radical (unpaired) electrons. The number of nitrogens with two attached hydrogens (primary N) is 1. The Hall–Kier alpha value is -0.620. The van der Waals surface area contributed by atoms with Gasteiger partial charge in [0.25, 0.3) is 0 Å². The van der Waals surface area contributed by atoms with Gasteiger partial charge in [-0.15, -0.1) is 0 Å². The first-order chi connectivity index (χ1) is 5.27. The summed E-state index contributed by atoms with van der Waals surface area (Å²) in [6.45, 7) is 0. The van der Waals surface area contributed by atoms with Crippen molar-refractivity contribution < 1.29 is 4.79 Å². The third-order valence-corrected chi connectivity index (χ3v) is 1.97. The van der Waals surface area contributed by atoms with E-state index in [1.165, 1.54) is 0 Å². The number of hydrazine groups is 1. The van der Waals surface area contributed by atoms with Crippen LogP contribution < -0.4 is 11.3 Å². The lowest BCUT2D eigenvalue weighted by Gasteiger charge is -2.02. The number of nitrogen functional groups attached to an aromatic ring is 1. The Balaban J connectivity index is 3.16. The zero-order valence-electron chi connectivity index (χ0n) is 5.67. The second-order valence-corrected chi connectivity index (χ2v) is 3.24. The van der Waals surface area contributed by atoms with Crippen molar-refractivity contribution in [2.45, 2.75) is 0 Å². The Bertz CT molecular complexity index is 275. The highest BCUT2D eigenvalue weighted by Crippen LogP contribution is 2.15. The Morgan fingerprint density at radius 3 is 2.82 bits per heavy atom. The lowest BCUT2D eigenvalue weighted by Crippen LogP contribution is -2.09. The van der Waals surface area contributed by atoms with Gasteiger partial charge in [0, 0.05) is 9.13 Å². The van der Waals surface area contributed by atoms with Crippen molar-refractivity contribution in [2.24, 2.45) is 5.84 Å². The topological polar surface area (TPSA) is 55.1 Å². The molecule has 0 aliphatic heterocycles. The quantitative estimate of drug-likeness (QED) is 0.366. The van der Waals surface area contributed by atoms with Gasteiger partial charge in [-0.3, -0.25) is 10.6 Å². The van der Waals surface area contributed by atoms with Crippen molar-refractivity contribution in [3.63, 3.8) is 0 Å². The summed E-state index contributed by atoms with van der Waals surface area (Å²) in [4.78, 5) is 10.4. The molecule has 4 heteroatoms. The summed E-state index contributed by atoms with van der Waals surface area (Å²) >= 11 is 2.15. The summed E-state index contributed by atoms with van der Waals surface area (Å²) in [5.41, 5.74) is 3.69. The van der Waals surface area contributed by atoms with Gasteiger partial charge >= 0.3 is 0 Å². The lowest BCUT2D eigenvalue weighted by atomic mass is 10.2. The zero-order chi connectivity index (χ0) is 8.27. The fraction of sp³-hybridized carbons (Fsp3) is 0. The minimum atomic E-state index is 0.577. The van der Waals surface area contributed by atoms with Crippen molar-refractivity contribution in [2.75, 3.05) is 5.43 Å². The number of hydrogen-bond acceptors (Lipinski definition) is 3. The Morgan fingerprint density at radius 1 is 1.55 bits per heavy atom. The van der Waals surface area contributed by atoms with Crippen LogP contribution >= 0.6 is 22.6 Å². The van der Waals surface area contributed by atoms with E-state index in [-0.39, 0.29) is 0 Å². The van der Waals surface area contributed by atoms with Crippen LogP contribution in [0.5, 0.6) is 0 Å². The van der Waals surface area contributed by atoms with E-state index in [0.29, 0.717) is 11.3 Å². The number of aldehydes is 1. The Kier molecular flexibility index (Phi) is 2.84. The first-order valence-corrected chi connectivity index (χ1v) is 4.07. The average Bonchev–Trinajstić information content (AvgIpc) is 2.04. The van der Waals surface area contributed by atoms with Crippen LogP contribution in [0.2, 0.25) is 0 Å². The fourth-order valence-electron chi connectivity index (χ4n) is 0.756. The van der Waals surface area contributed by atoms with Crippen LogP contribution in [-0.2, 0) is 0 Å². The molecule has 0 bridgehead atoms. The largest absolute Gasteiger partial charge is 0.323 e. The molecule has 1 aromatic rings. The molecule has 0 heterocycles. The van der Waals surface area contributed by atoms with E-state index in [0.717, 1.165) is 9.86 Å². The van der Waals surface area contributed by atoms with Crippen LogP contribution in [0.1, 0.15) is 10.4 Å². The smallest absolute Gasteiger partial charge is 0.152 e. The summed E-state index contributed by atoms with van der Waals surface area (Å²) < 4.78 is 1.04. The van der Waals surface area contributed by atoms with Gasteiger partial charge in [-0.1, -0.05) is 0 Å². The SMILES string of the molecule is NNc1cc(I)ccc1C=O. The summed E-state index contributed by atoms with van der Waals surface area (Å²) in [6.07, 6.45) is 0.769. The van der Waals surface area contributed by atoms with Gasteiger partial charge in [-0.25, -0.2) is 0 Å². The first-order valence-electron chi connectivity index (χ1n) is 2.99. The van der Waals surface area contributed by atoms with E-state index in [1.54, 1.807) is 6.07 Å². The molecule has 0 saturated carbocycles. The predicted molar refractivity (Wildman–Crippen MR) is 52.4 cm³/mol. The van der Waals surface area contributed by atoms with E-state index in [1.807, 2.05) is 12.1 Å². The van der Waals surface area contributed by atoms with Gasteiger partial charge in [0.1, 0.15) is 0 Å². The number of carbonyl (C=O) groups excluding carboxylic acids is 1. The molecular formula is C7H7IN2O. The van der Waals surface area contributed by atoms with Crippen LogP contribution in [0.4, 0.5) is 5.69 Å². The fourth-order valence-corrected chi connectivity index (χ4v) is 1.25. The molecule has 3 N–H and O–H groups in total. The van der Waals surface area contributed by atoms with Crippen LogP contribution in [0.25, 0.3) is 0 Å². The molecule has 0 amide bonds. The van der Waals surface area contributed by atoms with E-state index in [4.69, 9.17) is 5.84 Å². The molecule has 58 valence electrons. The number of rotatable bonds is 2. The maximum atomic E-state index is 10.4. The monoisotopic (exact) mass is 262 g/mol. The van der Waals surface area contributed by atoms with Gasteiger partial charge < -0.3 is 5.43 Å². The zero-order valence-corrected chi connectivity index (χ0v) is 7.83. The first kappa shape index (κ1) is 8.48. The third-order valence-electron chi connectivity index (χ3n) is 1.30. The molecule has 0 atom stereocenters. The molecule has 0 fully saturated rings. The number of nitrogens with one attached hydrogen (secondary N) is 1. The van der Waals surface area contributed by atoms with Crippen molar-refractivity contribution in [3.05, 3.63) is 27.3 Å². The summed E-state index contributed by atoms with van der Waals surface area (Å²) in [5, 5.41) is 0. The molecule has 0 aliphatic rings. The predicted octanol–water partition coefficient (Wildman–Crippen LogP) is 1.39. The standard InChI is InChI=1S/C7H7IN2O/c8-6-2-1-5(4-11)7(3-6)10-9/h1-4,10H,9H2. The molecule has 1 rings (SSSR count). The van der Waals surface area contributed by atoms with E-state index < -0.39 is 0 Å². The molecule has 0 unspecified atom stereocenters. The number of benzene rings is 1. The molecule has 3 nitrogen and oxygen atoms in total. The van der Waals surface area contributed by atoms with Crippen LogP contribution in [0.15, 0.2) is 18.2 Å². The maximum absolute atomic E-state index is 10.4. The summed E-state index contributed by atoms with van der Waals surface area (Å²) in [6, 6.07) is 5.39. The Morgan fingerprint density at radius 2 is 2.27 bits per heavy atom. The number of halogens is 1. The normalized spacial score (nSPS) is 9.27. The van der Waals surface area contributed by atoms with E-state index >= 15 is 0 Å². The van der Waals surface area contributed by atoms with E-state index in [2.05, 4.69) is 28.0 Å². The minimum absolute atomic E-state index is 0.577. The van der Waals surface area contributed by atoms with Gasteiger partial charge in [-0.05, 0) is 40.8 Å². The van der Waals surface area contributed by atoms with Crippen LogP contribution in [0.3, 0.4) is 0 Å². The summed E-state index contributed by atoms with van der Waals surface area (Å²) in [7, 11) is 0. The molecule has 0 saturated heterocycles. The highest BCUT2D eigenvalue weighted by molar-refractivity contribution is 14.1. The maximum Gasteiger partial charge on any atom is 0.152 e. The minimum Gasteiger partial charge on any atom is -0.323 e. The molecule has 11 heavy (non-hydrogen) atoms. The summed E-state index contributed by atoms with van der Waals surface area (Å²) in [5.74, 6) is 5.18. The molecule has 0 aromatic heterocycles. The molecule has 0 aliphatic carbocycles. The van der Waals surface area contributed by atoms with Gasteiger partial charge in [0.2, 0.25) is 0 Å². The van der Waals surface area contributed by atoms with Crippen molar-refractivity contribution in [1.82, 2.24) is 0 Å². The van der Waals surface area contributed by atoms with Crippen molar-refractivity contribution >= 4 is 34.6 Å². The highest BCUT2D eigenvalue weighted by atomic mass is 127. The second kappa shape index (κ2) is 3.68. The van der Waals surface area contributed by atoms with Gasteiger partial charge in [-0.2, -0.15) is 0 Å². The lowest BCUT2D eigenvalue weighted by molar-refractivity contribution is 0.112. The van der Waals surface area contributed by atoms with Crippen molar-refractivity contribution in [3.8, 4) is 0 Å². The third kappa shape index (κ3) is 1.90. The Labute approximate surface area is 78.1 Å². The number of hydrogen-bond donors (Lipinski definition) is 2. The molecule has 1 aromatic carbocycles. The number of anilines is 1.